The molecule has 1 atom stereocenters. The first kappa shape index (κ1) is 25.4. The molecule has 204 valence electrons. The van der Waals surface area contributed by atoms with Crippen LogP contribution in [0.2, 0.25) is 0 Å². The Labute approximate surface area is 227 Å². The van der Waals surface area contributed by atoms with Crippen LogP contribution in [0.3, 0.4) is 0 Å². The van der Waals surface area contributed by atoms with Gasteiger partial charge < -0.3 is 19.0 Å². The lowest BCUT2D eigenvalue weighted by molar-refractivity contribution is 0.0558. The standard InChI is InChI=1S/C28H26FN7O4/c1-39-21-9-6-19-15-22(27(37)30-23(19)16-21)25(26-31-32-33-36(26)17-18-4-7-20(29)8-5-18)34-10-12-35(13-11-34)28(38)24-3-2-14-40-24/h2-9,14-16,25H,10-13,17H2,1H3,(H,30,37)/t25-/m0/s1. The number of carbonyl (C=O) groups is 1. The maximum Gasteiger partial charge on any atom is 0.289 e. The number of pyridine rings is 1. The fourth-order valence-corrected chi connectivity index (χ4v) is 5.05. The van der Waals surface area contributed by atoms with Gasteiger partial charge in [0.2, 0.25) is 0 Å². The maximum absolute atomic E-state index is 13.5. The number of hydrogen-bond acceptors (Lipinski definition) is 8. The first-order valence-corrected chi connectivity index (χ1v) is 12.8. The summed E-state index contributed by atoms with van der Waals surface area (Å²) < 4.78 is 25.7. The molecule has 1 amide bonds. The topological polar surface area (TPSA) is 122 Å². The molecule has 6 rings (SSSR count). The minimum atomic E-state index is -0.605. The average Bonchev–Trinajstić information content (AvgIpc) is 3.68. The summed E-state index contributed by atoms with van der Waals surface area (Å²) >= 11 is 0. The zero-order valence-electron chi connectivity index (χ0n) is 21.7. The largest absolute Gasteiger partial charge is 0.497 e. The van der Waals surface area contributed by atoms with Gasteiger partial charge in [0.25, 0.3) is 11.5 Å². The SMILES string of the molecule is COc1ccc2cc([C@@H](c3nnnn3Cc3ccc(F)cc3)N3CCN(C(=O)c4ccco4)CC3)c(=O)[nH]c2c1. The number of benzene rings is 2. The van der Waals surface area contributed by atoms with Crippen molar-refractivity contribution >= 4 is 16.8 Å². The van der Waals surface area contributed by atoms with E-state index in [4.69, 9.17) is 9.15 Å². The Kier molecular flexibility index (Phi) is 6.83. The number of nitrogens with one attached hydrogen (secondary N) is 1. The van der Waals surface area contributed by atoms with E-state index in [1.807, 2.05) is 18.2 Å². The van der Waals surface area contributed by atoms with Crippen molar-refractivity contribution in [3.63, 3.8) is 0 Å². The minimum absolute atomic E-state index is 0.181. The summed E-state index contributed by atoms with van der Waals surface area (Å²) in [5.74, 6) is 0.871. The van der Waals surface area contributed by atoms with Crippen molar-refractivity contribution in [1.29, 1.82) is 0 Å². The Morgan fingerprint density at radius 1 is 1.10 bits per heavy atom. The number of furan rings is 1. The number of rotatable bonds is 7. The van der Waals surface area contributed by atoms with E-state index >= 15 is 0 Å². The summed E-state index contributed by atoms with van der Waals surface area (Å²) in [6.45, 7) is 2.09. The highest BCUT2D eigenvalue weighted by atomic mass is 19.1. The summed E-state index contributed by atoms with van der Waals surface area (Å²) in [5, 5.41) is 13.3. The molecule has 1 N–H and O–H groups in total. The van der Waals surface area contributed by atoms with E-state index in [1.165, 1.54) is 18.4 Å². The summed E-state index contributed by atoms with van der Waals surface area (Å²) in [6, 6.07) is 16.2. The number of ether oxygens (including phenoxy) is 1. The second kappa shape index (κ2) is 10.7. The van der Waals surface area contributed by atoms with Crippen LogP contribution in [-0.4, -0.2) is 74.2 Å². The summed E-state index contributed by atoms with van der Waals surface area (Å²) in [7, 11) is 1.57. The van der Waals surface area contributed by atoms with Crippen LogP contribution in [0, 0.1) is 5.82 Å². The molecule has 1 saturated heterocycles. The van der Waals surface area contributed by atoms with Gasteiger partial charge in [0.05, 0.1) is 25.4 Å². The molecule has 1 fully saturated rings. The maximum atomic E-state index is 13.5. The quantitative estimate of drug-likeness (QED) is 0.333. The second-order valence-corrected chi connectivity index (χ2v) is 9.54. The van der Waals surface area contributed by atoms with Crippen LogP contribution < -0.4 is 10.3 Å². The molecule has 0 radical (unpaired) electrons. The van der Waals surface area contributed by atoms with Crippen molar-refractivity contribution in [2.24, 2.45) is 0 Å². The first-order chi connectivity index (χ1) is 19.5. The molecule has 1 aliphatic rings. The van der Waals surface area contributed by atoms with Crippen LogP contribution in [0.25, 0.3) is 10.9 Å². The number of piperazine rings is 1. The van der Waals surface area contributed by atoms with E-state index < -0.39 is 6.04 Å². The second-order valence-electron chi connectivity index (χ2n) is 9.54. The first-order valence-electron chi connectivity index (χ1n) is 12.8. The van der Waals surface area contributed by atoms with E-state index in [0.29, 0.717) is 55.4 Å². The van der Waals surface area contributed by atoms with Crippen molar-refractivity contribution in [3.8, 4) is 5.75 Å². The number of aromatic amines is 1. The fraction of sp³-hybridized carbons (Fsp3) is 0.250. The highest BCUT2D eigenvalue weighted by Gasteiger charge is 2.34. The molecule has 0 unspecified atom stereocenters. The fourth-order valence-electron chi connectivity index (χ4n) is 5.05. The molecule has 5 aromatic rings. The van der Waals surface area contributed by atoms with Gasteiger partial charge in [0.1, 0.15) is 17.6 Å². The Morgan fingerprint density at radius 3 is 2.62 bits per heavy atom. The third-order valence-electron chi connectivity index (χ3n) is 7.12. The monoisotopic (exact) mass is 543 g/mol. The third-order valence-corrected chi connectivity index (χ3v) is 7.12. The number of fused-ring (bicyclic) bond motifs is 1. The number of tetrazole rings is 1. The van der Waals surface area contributed by atoms with Crippen molar-refractivity contribution in [1.82, 2.24) is 35.0 Å². The number of halogens is 1. The Morgan fingerprint density at radius 2 is 1.90 bits per heavy atom. The molecule has 3 aromatic heterocycles. The summed E-state index contributed by atoms with van der Waals surface area (Å²) in [5.41, 5.74) is 1.64. The molecule has 12 heteroatoms. The molecule has 2 aromatic carbocycles. The van der Waals surface area contributed by atoms with Crippen LogP contribution in [0.1, 0.15) is 33.5 Å². The van der Waals surface area contributed by atoms with Crippen molar-refractivity contribution in [2.75, 3.05) is 33.3 Å². The number of amides is 1. The van der Waals surface area contributed by atoms with Crippen LogP contribution in [0.5, 0.6) is 5.75 Å². The Balaban J connectivity index is 1.37. The van der Waals surface area contributed by atoms with E-state index in [-0.39, 0.29) is 23.0 Å². The van der Waals surface area contributed by atoms with Gasteiger partial charge in [-0.3, -0.25) is 14.5 Å². The molecular weight excluding hydrogens is 517 g/mol. The zero-order chi connectivity index (χ0) is 27.6. The van der Waals surface area contributed by atoms with Gasteiger partial charge in [0.15, 0.2) is 11.6 Å². The summed E-state index contributed by atoms with van der Waals surface area (Å²) in [4.78, 5) is 33.2. The van der Waals surface area contributed by atoms with E-state index in [9.17, 15) is 14.0 Å². The van der Waals surface area contributed by atoms with Gasteiger partial charge in [-0.25, -0.2) is 9.07 Å². The lowest BCUT2D eigenvalue weighted by atomic mass is 10.0. The van der Waals surface area contributed by atoms with Crippen molar-refractivity contribution in [2.45, 2.75) is 12.6 Å². The van der Waals surface area contributed by atoms with E-state index in [0.717, 1.165) is 10.9 Å². The van der Waals surface area contributed by atoms with Crippen LogP contribution >= 0.6 is 0 Å². The molecule has 40 heavy (non-hydrogen) atoms. The molecular formula is C28H26FN7O4. The van der Waals surface area contributed by atoms with Gasteiger partial charge in [-0.2, -0.15) is 0 Å². The number of carbonyl (C=O) groups excluding carboxylic acids is 1. The number of methoxy groups -OCH3 is 1. The number of nitrogens with zero attached hydrogens (tertiary/aromatic N) is 6. The van der Waals surface area contributed by atoms with Crippen molar-refractivity contribution in [3.05, 3.63) is 106 Å². The van der Waals surface area contributed by atoms with Crippen LogP contribution in [-0.2, 0) is 6.54 Å². The van der Waals surface area contributed by atoms with Gasteiger partial charge in [0, 0.05) is 37.8 Å². The molecule has 4 heterocycles. The lowest BCUT2D eigenvalue weighted by Crippen LogP contribution is -2.50. The summed E-state index contributed by atoms with van der Waals surface area (Å²) in [6.07, 6.45) is 1.47. The van der Waals surface area contributed by atoms with E-state index in [1.54, 1.807) is 47.0 Å². The molecule has 0 aliphatic carbocycles. The normalized spacial score (nSPS) is 14.9. The van der Waals surface area contributed by atoms with Gasteiger partial charge in [-0.1, -0.05) is 12.1 Å². The van der Waals surface area contributed by atoms with Gasteiger partial charge >= 0.3 is 0 Å². The molecule has 11 nitrogen and oxygen atoms in total. The van der Waals surface area contributed by atoms with E-state index in [2.05, 4.69) is 25.4 Å². The van der Waals surface area contributed by atoms with Crippen LogP contribution in [0.15, 0.2) is 76.1 Å². The Bertz CT molecular complexity index is 1690. The highest BCUT2D eigenvalue weighted by molar-refractivity contribution is 5.91. The zero-order valence-corrected chi connectivity index (χ0v) is 21.7. The Hall–Kier alpha value is -4.84. The van der Waals surface area contributed by atoms with Gasteiger partial charge in [-0.05, 0) is 63.8 Å². The smallest absolute Gasteiger partial charge is 0.289 e. The lowest BCUT2D eigenvalue weighted by Gasteiger charge is -2.38. The molecule has 0 spiro atoms. The highest BCUT2D eigenvalue weighted by Crippen LogP contribution is 2.29. The average molecular weight is 544 g/mol. The third kappa shape index (κ3) is 4.96. The minimum Gasteiger partial charge on any atom is -0.497 e. The van der Waals surface area contributed by atoms with Crippen molar-refractivity contribution < 1.29 is 18.3 Å². The molecule has 0 bridgehead atoms. The van der Waals surface area contributed by atoms with Crippen LogP contribution in [0.4, 0.5) is 4.39 Å². The number of H-pyrrole nitrogens is 1. The number of aromatic nitrogens is 5. The van der Waals surface area contributed by atoms with Gasteiger partial charge in [-0.15, -0.1) is 5.10 Å². The molecule has 0 saturated carbocycles. The predicted octanol–water partition coefficient (Wildman–Crippen LogP) is 2.85. The predicted molar refractivity (Wildman–Crippen MR) is 142 cm³/mol. The number of hydrogen-bond donors (Lipinski definition) is 1. The molecule has 1 aliphatic heterocycles.